The van der Waals surface area contributed by atoms with Gasteiger partial charge in [-0.05, 0) is 76.0 Å². The molecule has 2 aliphatic rings. The van der Waals surface area contributed by atoms with E-state index in [1.807, 2.05) is 0 Å². The molecule has 148 valence electrons. The summed E-state index contributed by atoms with van der Waals surface area (Å²) in [6.45, 7) is 4.38. The van der Waals surface area contributed by atoms with E-state index < -0.39 is 0 Å². The van der Waals surface area contributed by atoms with Crippen molar-refractivity contribution in [1.82, 2.24) is 0 Å². The summed E-state index contributed by atoms with van der Waals surface area (Å²) in [6, 6.07) is 2.71. The maximum atomic E-state index is 9.73. The van der Waals surface area contributed by atoms with Gasteiger partial charge in [-0.2, -0.15) is 5.26 Å². The van der Waals surface area contributed by atoms with E-state index in [0.29, 0.717) is 0 Å². The molecule has 2 fully saturated rings. The van der Waals surface area contributed by atoms with Gasteiger partial charge in [0.15, 0.2) is 0 Å². The van der Waals surface area contributed by atoms with Crippen LogP contribution in [0.25, 0.3) is 0 Å². The summed E-state index contributed by atoms with van der Waals surface area (Å²) in [5.74, 6) is 2.91. The normalized spacial score (nSPS) is 32.6. The van der Waals surface area contributed by atoms with E-state index in [2.05, 4.69) is 32.1 Å². The summed E-state index contributed by atoms with van der Waals surface area (Å²) in [7, 11) is 0. The standard InChI is InChI=1S/C25H43N/c1-3-5-7-8-9-11-22-12-14-23(15-13-22)24-16-19-25(21-26,20-17-24)18-10-6-4-2/h4,6,22-24H,3,5,7-20H2,1-2H3/b6-4+/t22?,23?,24-,25+. The first kappa shape index (κ1) is 21.5. The summed E-state index contributed by atoms with van der Waals surface area (Å²) in [6.07, 6.45) is 26.0. The highest BCUT2D eigenvalue weighted by molar-refractivity contribution is 5.03. The Labute approximate surface area is 163 Å². The van der Waals surface area contributed by atoms with Crippen LogP contribution < -0.4 is 0 Å². The maximum absolute atomic E-state index is 9.73. The predicted octanol–water partition coefficient (Wildman–Crippen LogP) is 8.21. The third-order valence-corrected chi connectivity index (χ3v) is 7.52. The Hall–Kier alpha value is -0.770. The van der Waals surface area contributed by atoms with Gasteiger partial charge in [-0.1, -0.05) is 70.4 Å². The zero-order valence-corrected chi connectivity index (χ0v) is 17.6. The molecule has 1 nitrogen and oxygen atoms in total. The molecule has 0 aliphatic heterocycles. The summed E-state index contributed by atoms with van der Waals surface area (Å²) in [5.41, 5.74) is -0.00823. The van der Waals surface area contributed by atoms with Crippen LogP contribution in [0.5, 0.6) is 0 Å². The highest BCUT2D eigenvalue weighted by Crippen LogP contribution is 2.47. The van der Waals surface area contributed by atoms with Gasteiger partial charge >= 0.3 is 0 Å². The second kappa shape index (κ2) is 11.8. The van der Waals surface area contributed by atoms with E-state index in [1.54, 1.807) is 0 Å². The highest BCUT2D eigenvalue weighted by atomic mass is 14.4. The minimum Gasteiger partial charge on any atom is -0.198 e. The third-order valence-electron chi connectivity index (χ3n) is 7.52. The molecule has 0 aromatic rings. The Balaban J connectivity index is 1.65. The lowest BCUT2D eigenvalue weighted by molar-refractivity contribution is 0.116. The van der Waals surface area contributed by atoms with Crippen molar-refractivity contribution >= 4 is 0 Å². The molecule has 0 atom stereocenters. The molecule has 0 unspecified atom stereocenters. The molecule has 0 amide bonds. The molecule has 0 heterocycles. The van der Waals surface area contributed by atoms with Crippen molar-refractivity contribution in [2.75, 3.05) is 0 Å². The molecule has 0 radical (unpaired) electrons. The zero-order valence-electron chi connectivity index (χ0n) is 17.6. The van der Waals surface area contributed by atoms with Crippen LogP contribution in [0, 0.1) is 34.5 Å². The van der Waals surface area contributed by atoms with Crippen molar-refractivity contribution in [3.8, 4) is 6.07 Å². The molecule has 0 saturated heterocycles. The predicted molar refractivity (Wildman–Crippen MR) is 113 cm³/mol. The molecule has 2 aliphatic carbocycles. The van der Waals surface area contributed by atoms with E-state index in [-0.39, 0.29) is 5.41 Å². The third kappa shape index (κ3) is 6.75. The fraction of sp³-hybridized carbons (Fsp3) is 0.880. The maximum Gasteiger partial charge on any atom is 0.0689 e. The van der Waals surface area contributed by atoms with Crippen molar-refractivity contribution in [2.24, 2.45) is 23.2 Å². The Kier molecular flexibility index (Phi) is 9.80. The Bertz CT molecular complexity index is 428. The lowest BCUT2D eigenvalue weighted by atomic mass is 9.63. The summed E-state index contributed by atoms with van der Waals surface area (Å²) < 4.78 is 0. The monoisotopic (exact) mass is 357 g/mol. The van der Waals surface area contributed by atoms with Crippen LogP contribution in [0.4, 0.5) is 0 Å². The number of rotatable bonds is 10. The summed E-state index contributed by atoms with van der Waals surface area (Å²) in [5, 5.41) is 9.73. The number of unbranched alkanes of at least 4 members (excludes halogenated alkanes) is 4. The van der Waals surface area contributed by atoms with Crippen LogP contribution in [0.2, 0.25) is 0 Å². The Morgan fingerprint density at radius 2 is 1.58 bits per heavy atom. The second-order valence-corrected chi connectivity index (χ2v) is 9.32. The SMILES string of the molecule is C/C=C/CC[C@]1(C#N)CC[C@@H](C2CCC(CCCCCCC)CC2)CC1. The van der Waals surface area contributed by atoms with Gasteiger partial charge in [0.1, 0.15) is 0 Å². The molecule has 2 saturated carbocycles. The van der Waals surface area contributed by atoms with E-state index in [9.17, 15) is 5.26 Å². The molecule has 0 aromatic heterocycles. The quantitative estimate of drug-likeness (QED) is 0.285. The largest absolute Gasteiger partial charge is 0.198 e. The molecule has 26 heavy (non-hydrogen) atoms. The number of nitrogens with zero attached hydrogens (tertiary/aromatic N) is 1. The van der Waals surface area contributed by atoms with Crippen LogP contribution in [0.3, 0.4) is 0 Å². The average Bonchev–Trinajstić information content (AvgIpc) is 2.69. The van der Waals surface area contributed by atoms with Crippen LogP contribution >= 0.6 is 0 Å². The first-order valence-electron chi connectivity index (χ1n) is 11.8. The van der Waals surface area contributed by atoms with E-state index in [0.717, 1.165) is 43.4 Å². The van der Waals surface area contributed by atoms with Gasteiger partial charge in [0.25, 0.3) is 0 Å². The zero-order chi connectivity index (χ0) is 18.7. The van der Waals surface area contributed by atoms with Crippen molar-refractivity contribution in [1.29, 1.82) is 5.26 Å². The Morgan fingerprint density at radius 3 is 2.19 bits per heavy atom. The van der Waals surface area contributed by atoms with Gasteiger partial charge in [-0.25, -0.2) is 0 Å². The van der Waals surface area contributed by atoms with Crippen molar-refractivity contribution in [3.63, 3.8) is 0 Å². The van der Waals surface area contributed by atoms with Gasteiger partial charge in [-0.3, -0.25) is 0 Å². The first-order chi connectivity index (χ1) is 12.7. The van der Waals surface area contributed by atoms with E-state index in [1.165, 1.54) is 77.0 Å². The molecule has 1 heteroatoms. The first-order valence-corrected chi connectivity index (χ1v) is 11.8. The van der Waals surface area contributed by atoms with Gasteiger partial charge in [0.2, 0.25) is 0 Å². The van der Waals surface area contributed by atoms with Gasteiger partial charge in [0, 0.05) is 0 Å². The lowest BCUT2D eigenvalue weighted by Crippen LogP contribution is -2.31. The highest BCUT2D eigenvalue weighted by Gasteiger charge is 2.38. The van der Waals surface area contributed by atoms with E-state index in [4.69, 9.17) is 0 Å². The number of allylic oxidation sites excluding steroid dienone is 2. The van der Waals surface area contributed by atoms with Crippen LogP contribution in [-0.4, -0.2) is 0 Å². The van der Waals surface area contributed by atoms with Crippen LogP contribution in [0.1, 0.15) is 117 Å². The van der Waals surface area contributed by atoms with Crippen molar-refractivity contribution in [3.05, 3.63) is 12.2 Å². The molecule has 0 bridgehead atoms. The Morgan fingerprint density at radius 1 is 0.923 bits per heavy atom. The lowest BCUT2D eigenvalue weighted by Gasteiger charge is -2.40. The van der Waals surface area contributed by atoms with Crippen molar-refractivity contribution in [2.45, 2.75) is 117 Å². The second-order valence-electron chi connectivity index (χ2n) is 9.32. The molecule has 0 spiro atoms. The average molecular weight is 358 g/mol. The minimum absolute atomic E-state index is 0.00823. The number of hydrogen-bond donors (Lipinski definition) is 0. The fourth-order valence-electron chi connectivity index (χ4n) is 5.59. The molecule has 2 rings (SSSR count). The molecule has 0 aromatic carbocycles. The molecule has 0 N–H and O–H groups in total. The minimum atomic E-state index is -0.00823. The number of nitriles is 1. The van der Waals surface area contributed by atoms with E-state index >= 15 is 0 Å². The molecular formula is C25H43N. The van der Waals surface area contributed by atoms with Gasteiger partial charge in [-0.15, -0.1) is 0 Å². The smallest absolute Gasteiger partial charge is 0.0689 e. The van der Waals surface area contributed by atoms with Crippen LogP contribution in [0.15, 0.2) is 12.2 Å². The van der Waals surface area contributed by atoms with Crippen LogP contribution in [-0.2, 0) is 0 Å². The topological polar surface area (TPSA) is 23.8 Å². The van der Waals surface area contributed by atoms with Gasteiger partial charge < -0.3 is 0 Å². The summed E-state index contributed by atoms with van der Waals surface area (Å²) in [4.78, 5) is 0. The fourth-order valence-corrected chi connectivity index (χ4v) is 5.59. The molecular weight excluding hydrogens is 314 g/mol. The van der Waals surface area contributed by atoms with Gasteiger partial charge in [0.05, 0.1) is 11.5 Å². The summed E-state index contributed by atoms with van der Waals surface area (Å²) >= 11 is 0. The number of hydrogen-bond acceptors (Lipinski definition) is 1. The van der Waals surface area contributed by atoms with Crippen molar-refractivity contribution < 1.29 is 0 Å².